The largest absolute Gasteiger partial charge is 0.381 e. The Morgan fingerprint density at radius 3 is 2.83 bits per heavy atom. The maximum Gasteiger partial charge on any atom is 0.191 e. The number of guanidine groups is 1. The van der Waals surface area contributed by atoms with Crippen LogP contribution in [0.5, 0.6) is 0 Å². The smallest absolute Gasteiger partial charge is 0.191 e. The van der Waals surface area contributed by atoms with Crippen LogP contribution in [0.3, 0.4) is 0 Å². The Bertz CT molecular complexity index is 496. The van der Waals surface area contributed by atoms with Gasteiger partial charge in [-0.2, -0.15) is 0 Å². The third kappa shape index (κ3) is 6.49. The van der Waals surface area contributed by atoms with Crippen LogP contribution in [0, 0.1) is 0 Å². The number of hydrogen-bond donors (Lipinski definition) is 2. The summed E-state index contributed by atoms with van der Waals surface area (Å²) in [6.45, 7) is 7.97. The van der Waals surface area contributed by atoms with E-state index < -0.39 is 0 Å². The van der Waals surface area contributed by atoms with Gasteiger partial charge in [0.25, 0.3) is 0 Å². The van der Waals surface area contributed by atoms with Gasteiger partial charge in [-0.15, -0.1) is 0 Å². The molecule has 2 N–H and O–H groups in total. The van der Waals surface area contributed by atoms with Crippen molar-refractivity contribution < 1.29 is 14.0 Å². The standard InChI is InChI=1S/C17H30N4O3/c1-13(2)16-11-15(24-21-16)12-20-17(18-3)19-7-4-8-23-14-5-9-22-10-6-14/h11,13-14H,4-10,12H2,1-3H3,(H2,18,19,20). The van der Waals surface area contributed by atoms with Gasteiger partial charge in [0.2, 0.25) is 0 Å². The number of aliphatic imine (C=N–C) groups is 1. The molecule has 136 valence electrons. The van der Waals surface area contributed by atoms with Crippen LogP contribution in [0.1, 0.15) is 50.5 Å². The minimum absolute atomic E-state index is 0.359. The molecule has 7 nitrogen and oxygen atoms in total. The Kier molecular flexibility index (Phi) is 8.04. The molecule has 0 unspecified atom stereocenters. The topological polar surface area (TPSA) is 80.9 Å². The summed E-state index contributed by atoms with van der Waals surface area (Å²) in [5.74, 6) is 1.93. The SMILES string of the molecule is CN=C(NCCCOC1CCOCC1)NCc1cc(C(C)C)no1. The van der Waals surface area contributed by atoms with Crippen LogP contribution >= 0.6 is 0 Å². The third-order valence-corrected chi connectivity index (χ3v) is 3.96. The summed E-state index contributed by atoms with van der Waals surface area (Å²) in [6, 6.07) is 1.98. The van der Waals surface area contributed by atoms with E-state index in [-0.39, 0.29) is 0 Å². The molecule has 0 atom stereocenters. The van der Waals surface area contributed by atoms with Crippen LogP contribution in [-0.2, 0) is 16.0 Å². The van der Waals surface area contributed by atoms with Gasteiger partial charge in [-0.3, -0.25) is 4.99 Å². The van der Waals surface area contributed by atoms with Gasteiger partial charge in [0.15, 0.2) is 11.7 Å². The quantitative estimate of drug-likeness (QED) is 0.429. The van der Waals surface area contributed by atoms with Gasteiger partial charge in [0.1, 0.15) is 0 Å². The van der Waals surface area contributed by atoms with E-state index in [4.69, 9.17) is 14.0 Å². The number of ether oxygens (including phenoxy) is 2. The number of rotatable bonds is 8. The van der Waals surface area contributed by atoms with Crippen molar-refractivity contribution in [3.05, 3.63) is 17.5 Å². The van der Waals surface area contributed by atoms with Gasteiger partial charge in [0, 0.05) is 39.5 Å². The zero-order valence-corrected chi connectivity index (χ0v) is 15.0. The molecule has 1 aromatic rings. The Labute approximate surface area is 144 Å². The summed E-state index contributed by atoms with van der Waals surface area (Å²) in [6.07, 6.45) is 3.31. The van der Waals surface area contributed by atoms with Gasteiger partial charge in [-0.1, -0.05) is 19.0 Å². The average Bonchev–Trinajstić information content (AvgIpc) is 3.07. The predicted molar refractivity (Wildman–Crippen MR) is 93.2 cm³/mol. The van der Waals surface area contributed by atoms with Crippen molar-refractivity contribution >= 4 is 5.96 Å². The van der Waals surface area contributed by atoms with Crippen LogP contribution in [0.25, 0.3) is 0 Å². The van der Waals surface area contributed by atoms with Gasteiger partial charge in [0.05, 0.1) is 18.3 Å². The van der Waals surface area contributed by atoms with E-state index in [2.05, 4.69) is 34.6 Å². The van der Waals surface area contributed by atoms with Crippen LogP contribution in [0.15, 0.2) is 15.6 Å². The molecule has 1 aliphatic heterocycles. The first kappa shape index (κ1) is 18.7. The van der Waals surface area contributed by atoms with Gasteiger partial charge in [-0.25, -0.2) is 0 Å². The van der Waals surface area contributed by atoms with Crippen molar-refractivity contribution in [3.63, 3.8) is 0 Å². The number of aromatic nitrogens is 1. The van der Waals surface area contributed by atoms with E-state index >= 15 is 0 Å². The Morgan fingerprint density at radius 2 is 2.17 bits per heavy atom. The summed E-state index contributed by atoms with van der Waals surface area (Å²) < 4.78 is 16.5. The molecule has 0 bridgehead atoms. The molecule has 1 aromatic heterocycles. The second kappa shape index (κ2) is 10.3. The van der Waals surface area contributed by atoms with Gasteiger partial charge >= 0.3 is 0 Å². The summed E-state index contributed by atoms with van der Waals surface area (Å²) in [5, 5.41) is 10.6. The number of nitrogens with zero attached hydrogens (tertiary/aromatic N) is 2. The maximum atomic E-state index is 5.85. The molecule has 0 aliphatic carbocycles. The summed E-state index contributed by atoms with van der Waals surface area (Å²) in [4.78, 5) is 4.21. The molecular weight excluding hydrogens is 308 g/mol. The summed E-state index contributed by atoms with van der Waals surface area (Å²) in [5.41, 5.74) is 0.972. The van der Waals surface area contributed by atoms with Crippen LogP contribution < -0.4 is 10.6 Å². The molecule has 1 saturated heterocycles. The fourth-order valence-electron chi connectivity index (χ4n) is 2.45. The van der Waals surface area contributed by atoms with E-state index in [0.29, 0.717) is 18.6 Å². The fourth-order valence-corrected chi connectivity index (χ4v) is 2.45. The van der Waals surface area contributed by atoms with Crippen molar-refractivity contribution in [1.29, 1.82) is 0 Å². The molecule has 1 fully saturated rings. The molecule has 0 radical (unpaired) electrons. The maximum absolute atomic E-state index is 5.85. The monoisotopic (exact) mass is 338 g/mol. The lowest BCUT2D eigenvalue weighted by Crippen LogP contribution is -2.37. The van der Waals surface area contributed by atoms with Crippen molar-refractivity contribution in [2.45, 2.75) is 51.7 Å². The number of hydrogen-bond acceptors (Lipinski definition) is 5. The lowest BCUT2D eigenvalue weighted by atomic mass is 10.1. The lowest BCUT2D eigenvalue weighted by Gasteiger charge is -2.22. The Morgan fingerprint density at radius 1 is 1.38 bits per heavy atom. The van der Waals surface area contributed by atoms with E-state index in [1.807, 2.05) is 6.07 Å². The first-order chi connectivity index (χ1) is 11.7. The zero-order valence-electron chi connectivity index (χ0n) is 15.0. The third-order valence-electron chi connectivity index (χ3n) is 3.96. The highest BCUT2D eigenvalue weighted by molar-refractivity contribution is 5.79. The zero-order chi connectivity index (χ0) is 17.2. The first-order valence-corrected chi connectivity index (χ1v) is 8.78. The molecule has 0 amide bonds. The molecule has 2 rings (SSSR count). The molecule has 0 saturated carbocycles. The predicted octanol–water partition coefficient (Wildman–Crippen LogP) is 2.05. The average molecular weight is 338 g/mol. The van der Waals surface area contributed by atoms with Gasteiger partial charge < -0.3 is 24.6 Å². The minimum Gasteiger partial charge on any atom is -0.381 e. The Hall–Kier alpha value is -1.60. The van der Waals surface area contributed by atoms with E-state index in [0.717, 1.165) is 63.0 Å². The van der Waals surface area contributed by atoms with Crippen molar-refractivity contribution in [3.8, 4) is 0 Å². The molecular formula is C17H30N4O3. The fraction of sp³-hybridized carbons (Fsp3) is 0.765. The second-order valence-electron chi connectivity index (χ2n) is 6.26. The highest BCUT2D eigenvalue weighted by atomic mass is 16.5. The normalized spacial score (nSPS) is 16.6. The molecule has 7 heteroatoms. The van der Waals surface area contributed by atoms with E-state index in [1.165, 1.54) is 0 Å². The molecule has 0 aromatic carbocycles. The molecule has 24 heavy (non-hydrogen) atoms. The highest BCUT2D eigenvalue weighted by Crippen LogP contribution is 2.13. The van der Waals surface area contributed by atoms with Crippen LogP contribution in [0.4, 0.5) is 0 Å². The lowest BCUT2D eigenvalue weighted by molar-refractivity contribution is -0.0320. The van der Waals surface area contributed by atoms with Crippen molar-refractivity contribution in [1.82, 2.24) is 15.8 Å². The second-order valence-corrected chi connectivity index (χ2v) is 6.26. The number of nitrogens with one attached hydrogen (secondary N) is 2. The molecule has 0 spiro atoms. The first-order valence-electron chi connectivity index (χ1n) is 8.78. The van der Waals surface area contributed by atoms with Crippen LogP contribution in [-0.4, -0.2) is 50.6 Å². The summed E-state index contributed by atoms with van der Waals surface area (Å²) >= 11 is 0. The molecule has 1 aliphatic rings. The van der Waals surface area contributed by atoms with E-state index in [9.17, 15) is 0 Å². The van der Waals surface area contributed by atoms with Gasteiger partial charge in [-0.05, 0) is 25.2 Å². The summed E-state index contributed by atoms with van der Waals surface area (Å²) in [7, 11) is 1.76. The van der Waals surface area contributed by atoms with E-state index in [1.54, 1.807) is 7.05 Å². The molecule has 2 heterocycles. The van der Waals surface area contributed by atoms with Crippen molar-refractivity contribution in [2.75, 3.05) is 33.4 Å². The highest BCUT2D eigenvalue weighted by Gasteiger charge is 2.13. The minimum atomic E-state index is 0.359. The Balaban J connectivity index is 1.58. The van der Waals surface area contributed by atoms with Crippen molar-refractivity contribution in [2.24, 2.45) is 4.99 Å². The van der Waals surface area contributed by atoms with Crippen LogP contribution in [0.2, 0.25) is 0 Å².